The quantitative estimate of drug-likeness (QED) is 0.151. The number of anilines is 3. The Kier molecular flexibility index (Phi) is 8.98. The predicted molar refractivity (Wildman–Crippen MR) is 181 cm³/mol. The number of rotatable bonds is 10. The third-order valence-electron chi connectivity index (χ3n) is 6.99. The minimum atomic E-state index is -0.236. The van der Waals surface area contributed by atoms with E-state index in [0.717, 1.165) is 26.9 Å². The van der Waals surface area contributed by atoms with Gasteiger partial charge >= 0.3 is 0 Å². The Morgan fingerprint density at radius 3 is 2.42 bits per heavy atom. The Hall–Kier alpha value is -5.28. The monoisotopic (exact) mass is 659 g/mol. The van der Waals surface area contributed by atoms with Crippen LogP contribution in [0.25, 0.3) is 11.0 Å². The summed E-state index contributed by atoms with van der Waals surface area (Å²) in [5.74, 6) is 2.48. The highest BCUT2D eigenvalue weighted by molar-refractivity contribution is 9.10. The van der Waals surface area contributed by atoms with Crippen molar-refractivity contribution in [2.45, 2.75) is 26.4 Å². The molecule has 0 radical (unpaired) electrons. The smallest absolute Gasteiger partial charge is 0.255 e. The number of fused-ring (bicyclic) bond motifs is 1. The molecule has 0 aliphatic rings. The standard InChI is InChI=1S/C36H30BrN5O3/c1-23(2)31-17-16-30-34(41-31)38-22-39-35(30)42-32-20-27(40-36(43)25-9-6-10-26(37)19-25)11-18-33(32)45-29-14-12-28(13-15-29)44-21-24-7-4-3-5-8-24/h3-20,22-23H,21H2,1-2H3,(H,40,43)(H,38,39,41,42). The molecule has 224 valence electrons. The van der Waals surface area contributed by atoms with Gasteiger partial charge in [0.1, 0.15) is 30.3 Å². The molecular formula is C36H30BrN5O3. The van der Waals surface area contributed by atoms with Gasteiger partial charge in [-0.15, -0.1) is 0 Å². The third kappa shape index (κ3) is 7.45. The lowest BCUT2D eigenvalue weighted by Crippen LogP contribution is -2.12. The van der Waals surface area contributed by atoms with Crippen molar-refractivity contribution in [1.82, 2.24) is 15.0 Å². The van der Waals surface area contributed by atoms with Crippen LogP contribution in [0.5, 0.6) is 17.2 Å². The lowest BCUT2D eigenvalue weighted by Gasteiger charge is -2.16. The van der Waals surface area contributed by atoms with Gasteiger partial charge in [-0.25, -0.2) is 15.0 Å². The number of pyridine rings is 1. The zero-order chi connectivity index (χ0) is 31.2. The molecule has 45 heavy (non-hydrogen) atoms. The van der Waals surface area contributed by atoms with Gasteiger partial charge < -0.3 is 20.1 Å². The van der Waals surface area contributed by atoms with Crippen LogP contribution < -0.4 is 20.1 Å². The lowest BCUT2D eigenvalue weighted by molar-refractivity contribution is 0.102. The van der Waals surface area contributed by atoms with Crippen LogP contribution in [0.15, 0.2) is 120 Å². The molecule has 0 aliphatic heterocycles. The minimum absolute atomic E-state index is 0.236. The molecular weight excluding hydrogens is 630 g/mol. The topological polar surface area (TPSA) is 98.3 Å². The Morgan fingerprint density at radius 2 is 1.64 bits per heavy atom. The van der Waals surface area contributed by atoms with E-state index >= 15 is 0 Å². The van der Waals surface area contributed by atoms with E-state index in [1.54, 1.807) is 24.3 Å². The van der Waals surface area contributed by atoms with E-state index in [9.17, 15) is 4.79 Å². The van der Waals surface area contributed by atoms with E-state index in [0.29, 0.717) is 46.5 Å². The summed E-state index contributed by atoms with van der Waals surface area (Å²) >= 11 is 3.43. The molecule has 0 aliphatic carbocycles. The Bertz CT molecular complexity index is 1950. The van der Waals surface area contributed by atoms with E-state index in [4.69, 9.17) is 14.5 Å². The van der Waals surface area contributed by atoms with Gasteiger partial charge in [0.25, 0.3) is 5.91 Å². The Labute approximate surface area is 269 Å². The van der Waals surface area contributed by atoms with Crippen LogP contribution in [0.4, 0.5) is 17.2 Å². The molecule has 6 rings (SSSR count). The van der Waals surface area contributed by atoms with Crippen molar-refractivity contribution in [2.75, 3.05) is 10.6 Å². The molecule has 0 unspecified atom stereocenters. The summed E-state index contributed by atoms with van der Waals surface area (Å²) in [7, 11) is 0. The molecule has 8 nitrogen and oxygen atoms in total. The van der Waals surface area contributed by atoms with Crippen molar-refractivity contribution in [3.05, 3.63) is 137 Å². The highest BCUT2D eigenvalue weighted by atomic mass is 79.9. The number of carbonyl (C=O) groups is 1. The van der Waals surface area contributed by atoms with Crippen molar-refractivity contribution in [1.29, 1.82) is 0 Å². The number of carbonyl (C=O) groups excluding carboxylic acids is 1. The summed E-state index contributed by atoms with van der Waals surface area (Å²) in [6.07, 6.45) is 1.48. The second kappa shape index (κ2) is 13.6. The molecule has 2 heterocycles. The molecule has 0 spiro atoms. The summed E-state index contributed by atoms with van der Waals surface area (Å²) < 4.78 is 13.1. The van der Waals surface area contributed by atoms with E-state index in [1.165, 1.54) is 6.33 Å². The molecule has 0 atom stereocenters. The molecule has 0 bridgehead atoms. The summed E-state index contributed by atoms with van der Waals surface area (Å²) in [6.45, 7) is 4.66. The maximum Gasteiger partial charge on any atom is 0.255 e. The number of aromatic nitrogens is 3. The number of amides is 1. The summed E-state index contributed by atoms with van der Waals surface area (Å²) in [5, 5.41) is 7.14. The number of ether oxygens (including phenoxy) is 2. The van der Waals surface area contributed by atoms with Crippen LogP contribution in [-0.4, -0.2) is 20.9 Å². The average Bonchev–Trinajstić information content (AvgIpc) is 3.06. The van der Waals surface area contributed by atoms with Crippen molar-refractivity contribution in [3.8, 4) is 17.2 Å². The Balaban J connectivity index is 1.28. The minimum Gasteiger partial charge on any atom is -0.489 e. The van der Waals surface area contributed by atoms with Gasteiger partial charge in [-0.2, -0.15) is 0 Å². The fourth-order valence-corrected chi connectivity index (χ4v) is 5.00. The first-order valence-electron chi connectivity index (χ1n) is 14.5. The molecule has 4 aromatic carbocycles. The number of halogens is 1. The molecule has 0 saturated carbocycles. The van der Waals surface area contributed by atoms with E-state index in [-0.39, 0.29) is 11.8 Å². The van der Waals surface area contributed by atoms with Crippen molar-refractivity contribution in [3.63, 3.8) is 0 Å². The maximum absolute atomic E-state index is 13.0. The molecule has 2 aromatic heterocycles. The molecule has 0 saturated heterocycles. The average molecular weight is 661 g/mol. The molecule has 1 amide bonds. The van der Waals surface area contributed by atoms with Crippen LogP contribution in [0, 0.1) is 0 Å². The van der Waals surface area contributed by atoms with Gasteiger partial charge in [0.2, 0.25) is 0 Å². The van der Waals surface area contributed by atoms with Gasteiger partial charge in [0.05, 0.1) is 11.1 Å². The normalized spacial score (nSPS) is 10.9. The Morgan fingerprint density at radius 1 is 0.844 bits per heavy atom. The predicted octanol–water partition coefficient (Wildman–Crippen LogP) is 9.28. The first-order chi connectivity index (χ1) is 21.9. The number of nitrogens with zero attached hydrogens (tertiary/aromatic N) is 3. The highest BCUT2D eigenvalue weighted by Gasteiger charge is 2.14. The maximum atomic E-state index is 13.0. The van der Waals surface area contributed by atoms with Gasteiger partial charge in [-0.05, 0) is 84.3 Å². The van der Waals surface area contributed by atoms with Gasteiger partial charge in [-0.3, -0.25) is 4.79 Å². The zero-order valence-corrected chi connectivity index (χ0v) is 26.3. The summed E-state index contributed by atoms with van der Waals surface area (Å²) in [4.78, 5) is 26.6. The summed E-state index contributed by atoms with van der Waals surface area (Å²) in [6, 6.07) is 34.0. The highest BCUT2D eigenvalue weighted by Crippen LogP contribution is 2.36. The van der Waals surface area contributed by atoms with E-state index < -0.39 is 0 Å². The zero-order valence-electron chi connectivity index (χ0n) is 24.7. The summed E-state index contributed by atoms with van der Waals surface area (Å²) in [5.41, 5.74) is 4.34. The molecule has 6 aromatic rings. The van der Waals surface area contributed by atoms with Gasteiger partial charge in [-0.1, -0.05) is 66.2 Å². The second-order valence-electron chi connectivity index (χ2n) is 10.6. The number of benzene rings is 4. The van der Waals surface area contributed by atoms with Crippen LogP contribution in [0.3, 0.4) is 0 Å². The van der Waals surface area contributed by atoms with Gasteiger partial charge in [0.15, 0.2) is 11.4 Å². The molecule has 9 heteroatoms. The lowest BCUT2D eigenvalue weighted by atomic mass is 10.1. The van der Waals surface area contributed by atoms with Gasteiger partial charge in [0, 0.05) is 21.4 Å². The van der Waals surface area contributed by atoms with Crippen molar-refractivity contribution < 1.29 is 14.3 Å². The largest absolute Gasteiger partial charge is 0.489 e. The van der Waals surface area contributed by atoms with Crippen LogP contribution in [0.1, 0.15) is 41.4 Å². The van der Waals surface area contributed by atoms with Crippen LogP contribution in [0.2, 0.25) is 0 Å². The van der Waals surface area contributed by atoms with Crippen LogP contribution >= 0.6 is 15.9 Å². The van der Waals surface area contributed by atoms with Crippen molar-refractivity contribution in [2.24, 2.45) is 0 Å². The first kappa shape index (κ1) is 29.8. The SMILES string of the molecule is CC(C)c1ccc2c(Nc3cc(NC(=O)c4cccc(Br)c4)ccc3Oc3ccc(OCc4ccccc4)cc3)ncnc2n1. The van der Waals surface area contributed by atoms with Crippen LogP contribution in [-0.2, 0) is 6.61 Å². The number of hydrogen-bond donors (Lipinski definition) is 2. The number of hydrogen-bond acceptors (Lipinski definition) is 7. The molecule has 2 N–H and O–H groups in total. The first-order valence-corrected chi connectivity index (χ1v) is 15.2. The third-order valence-corrected chi connectivity index (χ3v) is 7.48. The van der Waals surface area contributed by atoms with E-state index in [2.05, 4.69) is 50.4 Å². The number of nitrogens with one attached hydrogen (secondary N) is 2. The second-order valence-corrected chi connectivity index (χ2v) is 11.5. The van der Waals surface area contributed by atoms with E-state index in [1.807, 2.05) is 84.9 Å². The molecule has 0 fully saturated rings. The van der Waals surface area contributed by atoms with Crippen molar-refractivity contribution >= 4 is 50.1 Å². The fraction of sp³-hybridized carbons (Fsp3) is 0.111. The fourth-order valence-electron chi connectivity index (χ4n) is 4.61.